The largest absolute Gasteiger partial charge is 0.344 e. The Balaban J connectivity index is 1.60. The number of nitrogens with zero attached hydrogens (tertiary/aromatic N) is 2. The van der Waals surface area contributed by atoms with Crippen LogP contribution in [0.4, 0.5) is 0 Å². The van der Waals surface area contributed by atoms with Crippen LogP contribution in [0.3, 0.4) is 0 Å². The first-order chi connectivity index (χ1) is 10.8. The van der Waals surface area contributed by atoms with Crippen molar-refractivity contribution < 1.29 is 4.79 Å². The number of carbonyl (C=O) groups is 1. The first-order valence-electron chi connectivity index (χ1n) is 7.64. The second-order valence-corrected chi connectivity index (χ2v) is 5.71. The van der Waals surface area contributed by atoms with Crippen LogP contribution >= 0.6 is 0 Å². The zero-order chi connectivity index (χ0) is 14.9. The molecule has 1 atom stereocenters. The molecule has 1 N–H and O–H groups in total. The van der Waals surface area contributed by atoms with Crippen molar-refractivity contribution in [2.45, 2.75) is 25.3 Å². The van der Waals surface area contributed by atoms with Gasteiger partial charge in [-0.3, -0.25) is 4.79 Å². The lowest BCUT2D eigenvalue weighted by atomic mass is 9.88. The highest BCUT2D eigenvalue weighted by Gasteiger charge is 2.22. The van der Waals surface area contributed by atoms with Crippen LogP contribution in [0.1, 0.15) is 40.5 Å². The molecule has 4 nitrogen and oxygen atoms in total. The number of pyridine rings is 1. The maximum Gasteiger partial charge on any atom is 0.271 e. The van der Waals surface area contributed by atoms with E-state index in [1.54, 1.807) is 6.20 Å². The molecule has 2 aromatic heterocycles. The molecule has 0 saturated heterocycles. The van der Waals surface area contributed by atoms with Gasteiger partial charge in [0.2, 0.25) is 0 Å². The standard InChI is InChI=1S/C18H17N3O/c22-18(16-12-21-11-4-3-10-17(21)19-16)20-15-9-5-7-13-6-1-2-8-14(13)15/h1-4,6,8,10-12,15H,5,7,9H2,(H,20,22)/t15-/m0/s1. The summed E-state index contributed by atoms with van der Waals surface area (Å²) >= 11 is 0. The molecule has 1 aliphatic rings. The summed E-state index contributed by atoms with van der Waals surface area (Å²) in [6.07, 6.45) is 6.86. The van der Waals surface area contributed by atoms with E-state index in [0.717, 1.165) is 24.9 Å². The summed E-state index contributed by atoms with van der Waals surface area (Å²) in [6, 6.07) is 14.2. The number of imidazole rings is 1. The van der Waals surface area contributed by atoms with Gasteiger partial charge in [-0.15, -0.1) is 0 Å². The summed E-state index contributed by atoms with van der Waals surface area (Å²) < 4.78 is 1.86. The molecule has 110 valence electrons. The van der Waals surface area contributed by atoms with Gasteiger partial charge in [-0.1, -0.05) is 30.3 Å². The number of rotatable bonds is 2. The molecule has 0 unspecified atom stereocenters. The number of hydrogen-bond acceptors (Lipinski definition) is 2. The zero-order valence-electron chi connectivity index (χ0n) is 12.2. The summed E-state index contributed by atoms with van der Waals surface area (Å²) in [4.78, 5) is 16.9. The number of aromatic nitrogens is 2. The van der Waals surface area contributed by atoms with Crippen molar-refractivity contribution in [1.82, 2.24) is 14.7 Å². The van der Waals surface area contributed by atoms with Crippen LogP contribution in [0.25, 0.3) is 5.65 Å². The molecule has 0 saturated carbocycles. The Morgan fingerprint density at radius 1 is 1.18 bits per heavy atom. The maximum absolute atomic E-state index is 12.5. The van der Waals surface area contributed by atoms with E-state index in [9.17, 15) is 4.79 Å². The first-order valence-corrected chi connectivity index (χ1v) is 7.64. The second kappa shape index (κ2) is 5.30. The van der Waals surface area contributed by atoms with Gasteiger partial charge in [0.05, 0.1) is 6.04 Å². The summed E-state index contributed by atoms with van der Waals surface area (Å²) in [5.41, 5.74) is 3.84. The Hall–Kier alpha value is -2.62. The predicted molar refractivity (Wildman–Crippen MR) is 84.8 cm³/mol. The first kappa shape index (κ1) is 13.1. The van der Waals surface area contributed by atoms with Gasteiger partial charge in [-0.25, -0.2) is 4.98 Å². The highest BCUT2D eigenvalue weighted by atomic mass is 16.2. The van der Waals surface area contributed by atoms with E-state index in [-0.39, 0.29) is 11.9 Å². The fourth-order valence-corrected chi connectivity index (χ4v) is 3.18. The monoisotopic (exact) mass is 291 g/mol. The molecule has 1 amide bonds. The number of amides is 1. The minimum atomic E-state index is -0.106. The minimum Gasteiger partial charge on any atom is -0.344 e. The van der Waals surface area contributed by atoms with Crippen LogP contribution in [0.2, 0.25) is 0 Å². The molecule has 22 heavy (non-hydrogen) atoms. The van der Waals surface area contributed by atoms with Gasteiger partial charge < -0.3 is 9.72 Å². The van der Waals surface area contributed by atoms with Crippen molar-refractivity contribution in [3.8, 4) is 0 Å². The van der Waals surface area contributed by atoms with E-state index in [1.165, 1.54) is 11.1 Å². The zero-order valence-corrected chi connectivity index (χ0v) is 12.2. The number of carbonyl (C=O) groups excluding carboxylic acids is 1. The van der Waals surface area contributed by atoms with Crippen LogP contribution < -0.4 is 5.32 Å². The number of hydrogen-bond donors (Lipinski definition) is 1. The van der Waals surface area contributed by atoms with E-state index >= 15 is 0 Å². The van der Waals surface area contributed by atoms with Gasteiger partial charge in [0.25, 0.3) is 5.91 Å². The van der Waals surface area contributed by atoms with E-state index < -0.39 is 0 Å². The molecule has 1 aliphatic carbocycles. The number of benzene rings is 1. The van der Waals surface area contributed by atoms with Crippen molar-refractivity contribution in [2.24, 2.45) is 0 Å². The Kier molecular flexibility index (Phi) is 3.15. The third-order valence-electron chi connectivity index (χ3n) is 4.27. The molecular weight excluding hydrogens is 274 g/mol. The third kappa shape index (κ3) is 2.26. The van der Waals surface area contributed by atoms with Crippen LogP contribution in [0.5, 0.6) is 0 Å². The molecule has 0 fully saturated rings. The molecule has 4 heteroatoms. The average molecular weight is 291 g/mol. The van der Waals surface area contributed by atoms with Gasteiger partial charge in [0.15, 0.2) is 0 Å². The van der Waals surface area contributed by atoms with E-state index in [1.807, 2.05) is 34.9 Å². The minimum absolute atomic E-state index is 0.0854. The third-order valence-corrected chi connectivity index (χ3v) is 4.27. The van der Waals surface area contributed by atoms with Gasteiger partial charge >= 0.3 is 0 Å². The van der Waals surface area contributed by atoms with Crippen LogP contribution in [-0.4, -0.2) is 15.3 Å². The van der Waals surface area contributed by atoms with Gasteiger partial charge in [-0.2, -0.15) is 0 Å². The Labute approximate surface area is 128 Å². The molecule has 0 radical (unpaired) electrons. The summed E-state index contributed by atoms with van der Waals surface area (Å²) in [5.74, 6) is -0.106. The highest BCUT2D eigenvalue weighted by molar-refractivity contribution is 5.93. The lowest BCUT2D eigenvalue weighted by molar-refractivity contribution is 0.0928. The van der Waals surface area contributed by atoms with Crippen molar-refractivity contribution in [2.75, 3.05) is 0 Å². The lowest BCUT2D eigenvalue weighted by Gasteiger charge is -2.26. The predicted octanol–water partition coefficient (Wildman–Crippen LogP) is 3.14. The van der Waals surface area contributed by atoms with E-state index in [0.29, 0.717) is 5.69 Å². The van der Waals surface area contributed by atoms with Gasteiger partial charge in [0, 0.05) is 12.4 Å². The maximum atomic E-state index is 12.5. The fraction of sp³-hybridized carbons (Fsp3) is 0.222. The normalized spacial score (nSPS) is 17.2. The Bertz CT molecular complexity index is 804. The van der Waals surface area contributed by atoms with E-state index in [2.05, 4.69) is 28.5 Å². The molecule has 4 rings (SSSR count). The van der Waals surface area contributed by atoms with Gasteiger partial charge in [-0.05, 0) is 42.5 Å². The Morgan fingerprint density at radius 2 is 2.05 bits per heavy atom. The second-order valence-electron chi connectivity index (χ2n) is 5.71. The quantitative estimate of drug-likeness (QED) is 0.788. The number of nitrogens with one attached hydrogen (secondary N) is 1. The Morgan fingerprint density at radius 3 is 2.95 bits per heavy atom. The summed E-state index contributed by atoms with van der Waals surface area (Å²) in [7, 11) is 0. The molecular formula is C18H17N3O. The topological polar surface area (TPSA) is 46.4 Å². The molecule has 1 aromatic carbocycles. The number of aryl methyl sites for hydroxylation is 1. The number of fused-ring (bicyclic) bond motifs is 2. The van der Waals surface area contributed by atoms with Crippen molar-refractivity contribution in [3.63, 3.8) is 0 Å². The molecule has 3 aromatic rings. The highest BCUT2D eigenvalue weighted by Crippen LogP contribution is 2.29. The molecule has 0 spiro atoms. The van der Waals surface area contributed by atoms with Crippen molar-refractivity contribution in [3.05, 3.63) is 71.7 Å². The molecule has 0 bridgehead atoms. The van der Waals surface area contributed by atoms with Crippen LogP contribution in [0, 0.1) is 0 Å². The summed E-state index contributed by atoms with van der Waals surface area (Å²) in [5, 5.41) is 3.14. The summed E-state index contributed by atoms with van der Waals surface area (Å²) in [6.45, 7) is 0. The van der Waals surface area contributed by atoms with E-state index in [4.69, 9.17) is 0 Å². The fourth-order valence-electron chi connectivity index (χ4n) is 3.18. The molecule has 2 heterocycles. The van der Waals surface area contributed by atoms with Crippen LogP contribution in [0.15, 0.2) is 54.9 Å². The average Bonchev–Trinajstić information content (AvgIpc) is 2.99. The lowest BCUT2D eigenvalue weighted by Crippen LogP contribution is -2.31. The smallest absolute Gasteiger partial charge is 0.271 e. The molecule has 0 aliphatic heterocycles. The SMILES string of the molecule is O=C(N[C@H]1CCCc2ccccc21)c1cn2ccccc2n1. The van der Waals surface area contributed by atoms with Crippen molar-refractivity contribution in [1.29, 1.82) is 0 Å². The van der Waals surface area contributed by atoms with Crippen molar-refractivity contribution >= 4 is 11.6 Å². The van der Waals surface area contributed by atoms with Crippen LogP contribution in [-0.2, 0) is 6.42 Å². The van der Waals surface area contributed by atoms with Gasteiger partial charge in [0.1, 0.15) is 11.3 Å².